The molecule has 0 spiro atoms. The van der Waals surface area contributed by atoms with Crippen LogP contribution < -0.4 is 0 Å². The number of rotatable bonds is 5. The van der Waals surface area contributed by atoms with E-state index < -0.39 is 0 Å². The molecule has 2 aromatic rings. The Hall–Kier alpha value is -1.97. The second kappa shape index (κ2) is 7.73. The molecule has 4 nitrogen and oxygen atoms in total. The van der Waals surface area contributed by atoms with Crippen molar-refractivity contribution in [1.82, 2.24) is 9.97 Å². The van der Waals surface area contributed by atoms with Gasteiger partial charge in [-0.15, -0.1) is 0 Å². The molecular weight excluding hydrogens is 300 g/mol. The number of hydrogen-bond acceptors (Lipinski definition) is 4. The van der Waals surface area contributed by atoms with Crippen LogP contribution in [0.5, 0.6) is 0 Å². The van der Waals surface area contributed by atoms with Crippen LogP contribution in [-0.4, -0.2) is 22.5 Å². The highest BCUT2D eigenvalue weighted by Gasteiger charge is 2.32. The third-order valence-corrected chi connectivity index (χ3v) is 5.36. The van der Waals surface area contributed by atoms with Gasteiger partial charge in [-0.1, -0.05) is 6.92 Å². The van der Waals surface area contributed by atoms with Gasteiger partial charge in [0.15, 0.2) is 5.65 Å². The Labute approximate surface area is 143 Å². The van der Waals surface area contributed by atoms with Crippen molar-refractivity contribution < 1.29 is 9.53 Å². The molecule has 0 radical (unpaired) electrons. The molecule has 0 aromatic carbocycles. The Morgan fingerprint density at radius 3 is 2.62 bits per heavy atom. The molecule has 0 N–H and O–H groups in total. The zero-order chi connectivity index (χ0) is 16.9. The summed E-state index contributed by atoms with van der Waals surface area (Å²) >= 11 is 0. The number of carbonyl (C=O) groups excluding carboxylic acids is 1. The van der Waals surface area contributed by atoms with Gasteiger partial charge in [-0.05, 0) is 74.6 Å². The molecule has 2 aromatic heterocycles. The molecule has 0 bridgehead atoms. The molecule has 1 unspecified atom stereocenters. The predicted octanol–water partition coefficient (Wildman–Crippen LogP) is 4.49. The summed E-state index contributed by atoms with van der Waals surface area (Å²) in [5, 5.41) is 1.17. The SMILES string of the molecule is CCOC(=O)C(CC)C1CCC(c2ccnc3ncccc23)CC1. The fraction of sp³-hybridized carbons (Fsp3) is 0.550. The molecule has 0 amide bonds. The largest absolute Gasteiger partial charge is 0.466 e. The lowest BCUT2D eigenvalue weighted by Gasteiger charge is -2.33. The molecule has 2 heterocycles. The second-order valence-electron chi connectivity index (χ2n) is 6.65. The van der Waals surface area contributed by atoms with E-state index in [-0.39, 0.29) is 11.9 Å². The van der Waals surface area contributed by atoms with E-state index >= 15 is 0 Å². The average Bonchev–Trinajstić information content (AvgIpc) is 2.63. The van der Waals surface area contributed by atoms with Gasteiger partial charge in [0.05, 0.1) is 12.5 Å². The Bertz CT molecular complexity index is 688. The van der Waals surface area contributed by atoms with Gasteiger partial charge in [0, 0.05) is 17.8 Å². The summed E-state index contributed by atoms with van der Waals surface area (Å²) in [4.78, 5) is 20.9. The molecule has 1 fully saturated rings. The standard InChI is InChI=1S/C20H26N2O2/c1-3-16(20(23)24-4-2)14-7-9-15(10-8-14)17-11-13-22-19-18(17)6-5-12-21-19/h5-6,11-16H,3-4,7-10H2,1-2H3. The molecule has 1 aliphatic carbocycles. The average molecular weight is 326 g/mol. The minimum absolute atomic E-state index is 0.0120. The summed E-state index contributed by atoms with van der Waals surface area (Å²) in [7, 11) is 0. The second-order valence-corrected chi connectivity index (χ2v) is 6.65. The van der Waals surface area contributed by atoms with Crippen LogP contribution in [0.3, 0.4) is 0 Å². The summed E-state index contributed by atoms with van der Waals surface area (Å²) in [6, 6.07) is 6.23. The third-order valence-electron chi connectivity index (χ3n) is 5.36. The van der Waals surface area contributed by atoms with E-state index in [1.165, 1.54) is 10.9 Å². The van der Waals surface area contributed by atoms with Crippen LogP contribution in [0.25, 0.3) is 11.0 Å². The molecular formula is C20H26N2O2. The van der Waals surface area contributed by atoms with E-state index in [0.717, 1.165) is 37.8 Å². The first-order valence-electron chi connectivity index (χ1n) is 9.10. The van der Waals surface area contributed by atoms with Crippen molar-refractivity contribution in [1.29, 1.82) is 0 Å². The summed E-state index contributed by atoms with van der Waals surface area (Å²) in [5.41, 5.74) is 2.19. The highest BCUT2D eigenvalue weighted by molar-refractivity contribution is 5.78. The lowest BCUT2D eigenvalue weighted by atomic mass is 9.73. The van der Waals surface area contributed by atoms with E-state index in [0.29, 0.717) is 18.4 Å². The van der Waals surface area contributed by atoms with E-state index in [4.69, 9.17) is 4.74 Å². The van der Waals surface area contributed by atoms with Crippen LogP contribution in [-0.2, 0) is 9.53 Å². The summed E-state index contributed by atoms with van der Waals surface area (Å²) in [5.74, 6) is 1.04. The van der Waals surface area contributed by atoms with Crippen molar-refractivity contribution in [2.45, 2.75) is 51.9 Å². The van der Waals surface area contributed by atoms with Gasteiger partial charge in [-0.2, -0.15) is 0 Å². The molecule has 1 aliphatic rings. The lowest BCUT2D eigenvalue weighted by Crippen LogP contribution is -2.28. The molecule has 0 saturated heterocycles. The van der Waals surface area contributed by atoms with Gasteiger partial charge in [0.1, 0.15) is 0 Å². The van der Waals surface area contributed by atoms with Gasteiger partial charge in [-0.25, -0.2) is 9.97 Å². The Morgan fingerprint density at radius 1 is 1.17 bits per heavy atom. The van der Waals surface area contributed by atoms with E-state index in [9.17, 15) is 4.79 Å². The van der Waals surface area contributed by atoms with Crippen LogP contribution in [0.2, 0.25) is 0 Å². The first-order chi connectivity index (χ1) is 11.7. The van der Waals surface area contributed by atoms with E-state index in [1.54, 1.807) is 6.20 Å². The maximum Gasteiger partial charge on any atom is 0.309 e. The number of ether oxygens (including phenoxy) is 1. The zero-order valence-corrected chi connectivity index (χ0v) is 14.6. The predicted molar refractivity (Wildman–Crippen MR) is 94.7 cm³/mol. The van der Waals surface area contributed by atoms with Crippen LogP contribution in [0, 0.1) is 11.8 Å². The quantitative estimate of drug-likeness (QED) is 0.760. The molecule has 4 heteroatoms. The first-order valence-corrected chi connectivity index (χ1v) is 9.10. The van der Waals surface area contributed by atoms with Crippen molar-refractivity contribution in [3.05, 3.63) is 36.2 Å². The van der Waals surface area contributed by atoms with Crippen LogP contribution >= 0.6 is 0 Å². The fourth-order valence-corrected chi connectivity index (χ4v) is 4.13. The monoisotopic (exact) mass is 326 g/mol. The molecule has 24 heavy (non-hydrogen) atoms. The third kappa shape index (κ3) is 3.42. The van der Waals surface area contributed by atoms with Crippen molar-refractivity contribution in [3.63, 3.8) is 0 Å². The molecule has 0 aliphatic heterocycles. The number of carbonyl (C=O) groups is 1. The maximum atomic E-state index is 12.2. The Kier molecular flexibility index (Phi) is 5.44. The normalized spacial score (nSPS) is 22.2. The highest BCUT2D eigenvalue weighted by atomic mass is 16.5. The minimum atomic E-state index is -0.0120. The van der Waals surface area contributed by atoms with E-state index in [2.05, 4.69) is 29.0 Å². The van der Waals surface area contributed by atoms with Gasteiger partial charge in [0.25, 0.3) is 0 Å². The van der Waals surface area contributed by atoms with Crippen molar-refractivity contribution in [3.8, 4) is 0 Å². The smallest absolute Gasteiger partial charge is 0.309 e. The first kappa shape index (κ1) is 16.9. The number of esters is 1. The number of aromatic nitrogens is 2. The summed E-state index contributed by atoms with van der Waals surface area (Å²) in [6.45, 7) is 4.44. The van der Waals surface area contributed by atoms with Gasteiger partial charge in [-0.3, -0.25) is 4.79 Å². The van der Waals surface area contributed by atoms with Crippen LogP contribution in [0.1, 0.15) is 57.4 Å². The summed E-state index contributed by atoms with van der Waals surface area (Å²) < 4.78 is 5.26. The fourth-order valence-electron chi connectivity index (χ4n) is 4.13. The zero-order valence-electron chi connectivity index (χ0n) is 14.6. The van der Waals surface area contributed by atoms with Crippen molar-refractivity contribution >= 4 is 17.0 Å². The molecule has 1 atom stereocenters. The topological polar surface area (TPSA) is 52.1 Å². The lowest BCUT2D eigenvalue weighted by molar-refractivity contribution is -0.150. The van der Waals surface area contributed by atoms with Crippen LogP contribution in [0.4, 0.5) is 0 Å². The molecule has 128 valence electrons. The van der Waals surface area contributed by atoms with Crippen molar-refractivity contribution in [2.75, 3.05) is 6.61 Å². The number of pyridine rings is 2. The molecule has 3 rings (SSSR count). The minimum Gasteiger partial charge on any atom is -0.466 e. The van der Waals surface area contributed by atoms with Gasteiger partial charge < -0.3 is 4.74 Å². The van der Waals surface area contributed by atoms with Crippen LogP contribution in [0.15, 0.2) is 30.6 Å². The maximum absolute atomic E-state index is 12.2. The number of fused-ring (bicyclic) bond motifs is 1. The highest BCUT2D eigenvalue weighted by Crippen LogP contribution is 2.41. The Balaban J connectivity index is 1.71. The summed E-state index contributed by atoms with van der Waals surface area (Å²) in [6.07, 6.45) is 8.95. The number of nitrogens with zero attached hydrogens (tertiary/aromatic N) is 2. The van der Waals surface area contributed by atoms with Gasteiger partial charge in [0.2, 0.25) is 0 Å². The van der Waals surface area contributed by atoms with Gasteiger partial charge >= 0.3 is 5.97 Å². The van der Waals surface area contributed by atoms with E-state index in [1.807, 2.05) is 19.2 Å². The van der Waals surface area contributed by atoms with Crippen molar-refractivity contribution in [2.24, 2.45) is 11.8 Å². The Morgan fingerprint density at radius 2 is 1.92 bits per heavy atom. The molecule has 1 saturated carbocycles. The number of hydrogen-bond donors (Lipinski definition) is 0.